The number of benzene rings is 3. The molecule has 1 heterocycles. The highest BCUT2D eigenvalue weighted by atomic mass is 32.2. The molecule has 3 N–H and O–H groups in total. The van der Waals surface area contributed by atoms with Crippen LogP contribution in [-0.2, 0) is 17.8 Å². The minimum absolute atomic E-state index is 0.137. The Morgan fingerprint density at radius 2 is 1.77 bits per heavy atom. The van der Waals surface area contributed by atoms with Gasteiger partial charge in [0, 0.05) is 5.69 Å². The average molecular weight is 491 g/mol. The molecule has 7 nitrogen and oxygen atoms in total. The molecule has 0 aromatic heterocycles. The Morgan fingerprint density at radius 1 is 1.06 bits per heavy atom. The summed E-state index contributed by atoms with van der Waals surface area (Å²) in [6.45, 7) is 2.38. The van der Waals surface area contributed by atoms with E-state index in [9.17, 15) is 9.59 Å². The van der Waals surface area contributed by atoms with Gasteiger partial charge in [0.05, 0.1) is 17.6 Å². The predicted octanol–water partition coefficient (Wildman–Crippen LogP) is 5.13. The number of carboxylic acid groups (broad SMARTS) is 1. The number of carbonyl (C=O) groups is 2. The van der Waals surface area contributed by atoms with E-state index >= 15 is 0 Å². The fraction of sp³-hybridized carbons (Fsp3) is 0.185. The van der Waals surface area contributed by atoms with E-state index in [0.717, 1.165) is 23.2 Å². The van der Waals surface area contributed by atoms with Gasteiger partial charge in [0.15, 0.2) is 17.0 Å². The third kappa shape index (κ3) is 6.16. The van der Waals surface area contributed by atoms with Gasteiger partial charge >= 0.3 is 5.97 Å². The first kappa shape index (κ1) is 24.2. The molecule has 4 rings (SSSR count). The lowest BCUT2D eigenvalue weighted by Crippen LogP contribution is -2.30. The molecule has 1 amide bonds. The van der Waals surface area contributed by atoms with Crippen molar-refractivity contribution < 1.29 is 24.2 Å². The maximum Gasteiger partial charge on any atom is 0.335 e. The highest BCUT2D eigenvalue weighted by molar-refractivity contribution is 8.05. The van der Waals surface area contributed by atoms with Crippen molar-refractivity contribution in [1.82, 2.24) is 5.32 Å². The lowest BCUT2D eigenvalue weighted by atomic mass is 10.1. The molecule has 1 atom stereocenters. The number of hydrogen-bond acceptors (Lipinski definition) is 6. The van der Waals surface area contributed by atoms with Crippen LogP contribution in [0.1, 0.15) is 34.0 Å². The van der Waals surface area contributed by atoms with Crippen LogP contribution in [0.25, 0.3) is 6.08 Å². The zero-order chi connectivity index (χ0) is 24.8. The SMILES string of the molecule is CCc1ccc(N[C@@H]2NC(=O)/C(=C/c3ccc(OCc4ccc(C(=O)O)cc4)c(OC)c3)S2)cc1. The first-order chi connectivity index (χ1) is 16.9. The molecule has 0 bridgehead atoms. The number of hydrogen-bond donors (Lipinski definition) is 3. The van der Waals surface area contributed by atoms with Gasteiger partial charge in [-0.3, -0.25) is 4.79 Å². The van der Waals surface area contributed by atoms with E-state index in [1.165, 1.54) is 17.3 Å². The summed E-state index contributed by atoms with van der Waals surface area (Å²) in [5.74, 6) is -0.0152. The minimum atomic E-state index is -0.967. The number of nitrogens with one attached hydrogen (secondary N) is 2. The van der Waals surface area contributed by atoms with Gasteiger partial charge < -0.3 is 25.2 Å². The Bertz CT molecular complexity index is 1240. The van der Waals surface area contributed by atoms with Crippen LogP contribution in [0.3, 0.4) is 0 Å². The third-order valence-electron chi connectivity index (χ3n) is 5.47. The highest BCUT2D eigenvalue weighted by Crippen LogP contribution is 2.33. The molecule has 35 heavy (non-hydrogen) atoms. The lowest BCUT2D eigenvalue weighted by molar-refractivity contribution is -0.116. The zero-order valence-electron chi connectivity index (χ0n) is 19.4. The quantitative estimate of drug-likeness (QED) is 0.358. The molecule has 0 spiro atoms. The van der Waals surface area contributed by atoms with Crippen LogP contribution in [0.4, 0.5) is 5.69 Å². The number of carboxylic acids is 1. The maximum atomic E-state index is 12.5. The van der Waals surface area contributed by atoms with E-state index in [-0.39, 0.29) is 23.6 Å². The topological polar surface area (TPSA) is 96.9 Å². The number of carbonyl (C=O) groups excluding carboxylic acids is 1. The second-order valence-corrected chi connectivity index (χ2v) is 9.02. The van der Waals surface area contributed by atoms with Gasteiger partial charge in [-0.15, -0.1) is 0 Å². The number of ether oxygens (including phenoxy) is 2. The molecule has 0 radical (unpaired) electrons. The Labute approximate surface area is 208 Å². The van der Waals surface area contributed by atoms with Crippen LogP contribution in [0.5, 0.6) is 11.5 Å². The van der Waals surface area contributed by atoms with Gasteiger partial charge in [-0.2, -0.15) is 0 Å². The molecular formula is C27H26N2O5S. The third-order valence-corrected chi connectivity index (χ3v) is 6.50. The second kappa shape index (κ2) is 11.0. The smallest absolute Gasteiger partial charge is 0.335 e. The van der Waals surface area contributed by atoms with Crippen molar-refractivity contribution in [3.05, 3.63) is 93.9 Å². The van der Waals surface area contributed by atoms with Gasteiger partial charge in [0.25, 0.3) is 5.91 Å². The molecule has 1 aliphatic rings. The van der Waals surface area contributed by atoms with Crippen LogP contribution in [0.15, 0.2) is 71.6 Å². The van der Waals surface area contributed by atoms with Crippen molar-refractivity contribution in [1.29, 1.82) is 0 Å². The van der Waals surface area contributed by atoms with Crippen molar-refractivity contribution in [3.63, 3.8) is 0 Å². The van der Waals surface area contributed by atoms with Crippen LogP contribution >= 0.6 is 11.8 Å². The standard InChI is InChI=1S/C27H26N2O5S/c1-3-17-6-11-21(12-7-17)28-27-29-25(30)24(35-27)15-19-8-13-22(23(14-19)33-2)34-16-18-4-9-20(10-5-18)26(31)32/h4-15,27-28H,3,16H2,1-2H3,(H,29,30)(H,31,32)/b24-15-/t27-/m1/s1. The summed E-state index contributed by atoms with van der Waals surface area (Å²) in [6, 6.07) is 20.1. The van der Waals surface area contributed by atoms with Gasteiger partial charge in [-0.25, -0.2) is 4.79 Å². The summed E-state index contributed by atoms with van der Waals surface area (Å²) in [7, 11) is 1.56. The number of anilines is 1. The van der Waals surface area contributed by atoms with Crippen molar-refractivity contribution in [3.8, 4) is 11.5 Å². The summed E-state index contributed by atoms with van der Waals surface area (Å²) < 4.78 is 11.4. The van der Waals surface area contributed by atoms with Crippen molar-refractivity contribution in [2.24, 2.45) is 0 Å². The summed E-state index contributed by atoms with van der Waals surface area (Å²) in [5, 5.41) is 15.3. The fourth-order valence-corrected chi connectivity index (χ4v) is 4.49. The van der Waals surface area contributed by atoms with E-state index in [1.807, 2.05) is 30.3 Å². The first-order valence-corrected chi connectivity index (χ1v) is 12.0. The molecular weight excluding hydrogens is 464 g/mol. The summed E-state index contributed by atoms with van der Waals surface area (Å²) in [5.41, 5.74) is 3.83. The maximum absolute atomic E-state index is 12.5. The summed E-state index contributed by atoms with van der Waals surface area (Å²) >= 11 is 1.42. The fourth-order valence-electron chi connectivity index (χ4n) is 3.50. The molecule has 3 aromatic rings. The number of methoxy groups -OCH3 is 1. The Balaban J connectivity index is 1.40. The minimum Gasteiger partial charge on any atom is -0.493 e. The highest BCUT2D eigenvalue weighted by Gasteiger charge is 2.27. The van der Waals surface area contributed by atoms with Crippen LogP contribution < -0.4 is 20.1 Å². The number of rotatable bonds is 9. The van der Waals surface area contributed by atoms with Crippen LogP contribution in [-0.4, -0.2) is 29.6 Å². The predicted molar refractivity (Wildman–Crippen MR) is 138 cm³/mol. The number of thioether (sulfide) groups is 1. The average Bonchev–Trinajstić information content (AvgIpc) is 3.21. The molecule has 1 aliphatic heterocycles. The summed E-state index contributed by atoms with van der Waals surface area (Å²) in [4.78, 5) is 24.1. The van der Waals surface area contributed by atoms with Gasteiger partial charge in [-0.1, -0.05) is 49.0 Å². The van der Waals surface area contributed by atoms with Gasteiger partial charge in [-0.05, 0) is 65.6 Å². The normalized spacial score (nSPS) is 16.1. The van der Waals surface area contributed by atoms with Crippen molar-refractivity contribution in [2.45, 2.75) is 25.4 Å². The van der Waals surface area contributed by atoms with Crippen LogP contribution in [0, 0.1) is 0 Å². The zero-order valence-corrected chi connectivity index (χ0v) is 20.2. The number of amides is 1. The number of aromatic carboxylic acids is 1. The monoisotopic (exact) mass is 490 g/mol. The first-order valence-electron chi connectivity index (χ1n) is 11.1. The molecule has 180 valence electrons. The Kier molecular flexibility index (Phi) is 7.62. The molecule has 0 unspecified atom stereocenters. The van der Waals surface area contributed by atoms with Crippen molar-refractivity contribution >= 4 is 35.4 Å². The van der Waals surface area contributed by atoms with Gasteiger partial charge in [0.2, 0.25) is 0 Å². The molecule has 0 aliphatic carbocycles. The Morgan fingerprint density at radius 3 is 2.43 bits per heavy atom. The largest absolute Gasteiger partial charge is 0.493 e. The van der Waals surface area contributed by atoms with E-state index in [2.05, 4.69) is 29.7 Å². The van der Waals surface area contributed by atoms with Crippen LogP contribution in [0.2, 0.25) is 0 Å². The van der Waals surface area contributed by atoms with Gasteiger partial charge in [0.1, 0.15) is 6.61 Å². The molecule has 1 saturated heterocycles. The van der Waals surface area contributed by atoms with Crippen molar-refractivity contribution in [2.75, 3.05) is 12.4 Å². The van der Waals surface area contributed by atoms with E-state index in [0.29, 0.717) is 16.4 Å². The molecule has 8 heteroatoms. The summed E-state index contributed by atoms with van der Waals surface area (Å²) in [6.07, 6.45) is 2.80. The lowest BCUT2D eigenvalue weighted by Gasteiger charge is -2.13. The Hall–Kier alpha value is -3.91. The molecule has 0 saturated carbocycles. The van der Waals surface area contributed by atoms with E-state index < -0.39 is 5.97 Å². The second-order valence-electron chi connectivity index (χ2n) is 7.88. The van der Waals surface area contributed by atoms with E-state index in [1.54, 1.807) is 37.4 Å². The number of aryl methyl sites for hydroxylation is 1. The van der Waals surface area contributed by atoms with E-state index in [4.69, 9.17) is 14.6 Å². The molecule has 1 fully saturated rings. The molecule has 3 aromatic carbocycles.